The largest absolute Gasteiger partial charge is 0.481 e. The maximum Gasteiger partial charge on any atom is 0.303 e. The zero-order chi connectivity index (χ0) is 14.4. The van der Waals surface area contributed by atoms with E-state index in [0.29, 0.717) is 18.4 Å². The first-order valence-corrected chi connectivity index (χ1v) is 7.75. The van der Waals surface area contributed by atoms with E-state index >= 15 is 0 Å². The Labute approximate surface area is 125 Å². The van der Waals surface area contributed by atoms with Crippen LogP contribution in [0, 0.1) is 5.92 Å². The number of nitrogens with one attached hydrogen (secondary N) is 1. The molecule has 1 aliphatic rings. The lowest BCUT2D eigenvalue weighted by Crippen LogP contribution is -2.28. The number of hydrogen-bond acceptors (Lipinski definition) is 2. The van der Waals surface area contributed by atoms with E-state index in [1.54, 1.807) is 0 Å². The van der Waals surface area contributed by atoms with Crippen molar-refractivity contribution >= 4 is 17.6 Å². The molecule has 0 saturated heterocycles. The van der Waals surface area contributed by atoms with Gasteiger partial charge < -0.3 is 10.4 Å². The SMILES string of the molecule is O=C(O)CCCNC(c1cccc(Cl)c1)C1CCCC1. The fourth-order valence-corrected chi connectivity index (χ4v) is 3.24. The minimum absolute atomic E-state index is 0.222. The quantitative estimate of drug-likeness (QED) is 0.747. The molecule has 110 valence electrons. The highest BCUT2D eigenvalue weighted by atomic mass is 35.5. The second kappa shape index (κ2) is 7.65. The molecule has 0 bridgehead atoms. The number of hydrogen-bond donors (Lipinski definition) is 2. The Bertz CT molecular complexity index is 444. The van der Waals surface area contributed by atoms with E-state index in [9.17, 15) is 4.79 Å². The normalized spacial score (nSPS) is 17.2. The van der Waals surface area contributed by atoms with Crippen LogP contribution in [-0.2, 0) is 4.79 Å². The van der Waals surface area contributed by atoms with Crippen molar-refractivity contribution in [3.8, 4) is 0 Å². The maximum atomic E-state index is 10.6. The van der Waals surface area contributed by atoms with Gasteiger partial charge in [0.25, 0.3) is 0 Å². The van der Waals surface area contributed by atoms with Crippen LogP contribution in [0.25, 0.3) is 0 Å². The second-order valence-electron chi connectivity index (χ2n) is 5.53. The Morgan fingerprint density at radius 1 is 1.40 bits per heavy atom. The zero-order valence-corrected chi connectivity index (χ0v) is 12.4. The van der Waals surface area contributed by atoms with Gasteiger partial charge in [0, 0.05) is 17.5 Å². The van der Waals surface area contributed by atoms with E-state index in [4.69, 9.17) is 16.7 Å². The summed E-state index contributed by atoms with van der Waals surface area (Å²) in [5, 5.41) is 13.0. The van der Waals surface area contributed by atoms with Gasteiger partial charge in [0.15, 0.2) is 0 Å². The van der Waals surface area contributed by atoms with Crippen molar-refractivity contribution in [2.45, 2.75) is 44.6 Å². The molecular formula is C16H22ClNO2. The summed E-state index contributed by atoms with van der Waals surface area (Å²) in [7, 11) is 0. The molecule has 2 N–H and O–H groups in total. The number of benzene rings is 1. The summed E-state index contributed by atoms with van der Waals surface area (Å²) in [6.45, 7) is 0.736. The van der Waals surface area contributed by atoms with Crippen LogP contribution in [0.3, 0.4) is 0 Å². The van der Waals surface area contributed by atoms with Crippen molar-refractivity contribution in [1.82, 2.24) is 5.32 Å². The van der Waals surface area contributed by atoms with Gasteiger partial charge >= 0.3 is 5.97 Å². The Hall–Kier alpha value is -1.06. The second-order valence-corrected chi connectivity index (χ2v) is 5.97. The number of aliphatic carboxylic acids is 1. The Balaban J connectivity index is 1.99. The summed E-state index contributed by atoms with van der Waals surface area (Å²) in [4.78, 5) is 10.6. The molecule has 0 amide bonds. The third-order valence-electron chi connectivity index (χ3n) is 4.01. The first-order chi connectivity index (χ1) is 9.66. The molecule has 0 aliphatic heterocycles. The molecule has 0 heterocycles. The van der Waals surface area contributed by atoms with E-state index in [1.807, 2.05) is 18.2 Å². The summed E-state index contributed by atoms with van der Waals surface area (Å²) in [6.07, 6.45) is 5.95. The molecule has 1 atom stereocenters. The topological polar surface area (TPSA) is 49.3 Å². The van der Waals surface area contributed by atoms with Crippen molar-refractivity contribution in [2.24, 2.45) is 5.92 Å². The van der Waals surface area contributed by atoms with E-state index in [-0.39, 0.29) is 6.42 Å². The highest BCUT2D eigenvalue weighted by molar-refractivity contribution is 6.30. The molecule has 0 radical (unpaired) electrons. The number of carbonyl (C=O) groups is 1. The van der Waals surface area contributed by atoms with E-state index in [1.165, 1.54) is 31.2 Å². The molecule has 1 fully saturated rings. The Kier molecular flexibility index (Phi) is 5.86. The average molecular weight is 296 g/mol. The Morgan fingerprint density at radius 2 is 2.15 bits per heavy atom. The lowest BCUT2D eigenvalue weighted by molar-refractivity contribution is -0.137. The van der Waals surface area contributed by atoms with Gasteiger partial charge in [-0.15, -0.1) is 0 Å². The van der Waals surface area contributed by atoms with Crippen LogP contribution in [0.15, 0.2) is 24.3 Å². The molecule has 3 nitrogen and oxygen atoms in total. The summed E-state index contributed by atoms with van der Waals surface area (Å²) in [5.74, 6) is -0.0923. The zero-order valence-electron chi connectivity index (χ0n) is 11.6. The standard InChI is InChI=1S/C16H22ClNO2/c17-14-8-3-7-13(11-14)16(12-5-1-2-6-12)18-10-4-9-15(19)20/h3,7-8,11-12,16,18H,1-2,4-6,9-10H2,(H,19,20). The van der Waals surface area contributed by atoms with Gasteiger partial charge in [-0.2, -0.15) is 0 Å². The Morgan fingerprint density at radius 3 is 2.80 bits per heavy atom. The molecule has 0 aromatic heterocycles. The third kappa shape index (κ3) is 4.50. The smallest absolute Gasteiger partial charge is 0.303 e. The summed E-state index contributed by atoms with van der Waals surface area (Å²) in [5.41, 5.74) is 1.22. The molecule has 1 unspecified atom stereocenters. The summed E-state index contributed by atoms with van der Waals surface area (Å²) < 4.78 is 0. The minimum atomic E-state index is -0.730. The highest BCUT2D eigenvalue weighted by Crippen LogP contribution is 2.36. The molecule has 4 heteroatoms. The predicted octanol–water partition coefficient (Wildman–Crippen LogP) is 4.03. The molecule has 20 heavy (non-hydrogen) atoms. The monoisotopic (exact) mass is 295 g/mol. The highest BCUT2D eigenvalue weighted by Gasteiger charge is 2.25. The lowest BCUT2D eigenvalue weighted by Gasteiger charge is -2.25. The fourth-order valence-electron chi connectivity index (χ4n) is 3.04. The lowest BCUT2D eigenvalue weighted by atomic mass is 9.91. The molecule has 1 saturated carbocycles. The molecule has 2 rings (SSSR count). The van der Waals surface area contributed by atoms with Crippen molar-refractivity contribution in [3.63, 3.8) is 0 Å². The van der Waals surface area contributed by atoms with Crippen LogP contribution in [0.2, 0.25) is 5.02 Å². The third-order valence-corrected chi connectivity index (χ3v) is 4.25. The van der Waals surface area contributed by atoms with Crippen molar-refractivity contribution in [1.29, 1.82) is 0 Å². The van der Waals surface area contributed by atoms with Gasteiger partial charge in [-0.25, -0.2) is 0 Å². The van der Waals surface area contributed by atoms with Gasteiger partial charge in [-0.1, -0.05) is 36.6 Å². The van der Waals surface area contributed by atoms with E-state index in [0.717, 1.165) is 11.6 Å². The first-order valence-electron chi connectivity index (χ1n) is 7.37. The molecule has 1 aromatic rings. The number of carboxylic acid groups (broad SMARTS) is 1. The van der Waals surface area contributed by atoms with Crippen LogP contribution < -0.4 is 5.32 Å². The van der Waals surface area contributed by atoms with Crippen molar-refractivity contribution in [3.05, 3.63) is 34.9 Å². The maximum absolute atomic E-state index is 10.6. The summed E-state index contributed by atoms with van der Waals surface area (Å²) in [6, 6.07) is 8.30. The summed E-state index contributed by atoms with van der Waals surface area (Å²) >= 11 is 6.09. The predicted molar refractivity (Wildman–Crippen MR) is 81.0 cm³/mol. The van der Waals surface area contributed by atoms with Gasteiger partial charge in [0.2, 0.25) is 0 Å². The fraction of sp³-hybridized carbons (Fsp3) is 0.562. The van der Waals surface area contributed by atoms with Crippen molar-refractivity contribution in [2.75, 3.05) is 6.54 Å². The van der Waals surface area contributed by atoms with Crippen LogP contribution in [0.4, 0.5) is 0 Å². The van der Waals surface area contributed by atoms with Gasteiger partial charge in [-0.05, 0) is 49.4 Å². The van der Waals surface area contributed by atoms with Gasteiger partial charge in [0.1, 0.15) is 0 Å². The van der Waals surface area contributed by atoms with E-state index in [2.05, 4.69) is 11.4 Å². The van der Waals surface area contributed by atoms with Gasteiger partial charge in [0.05, 0.1) is 0 Å². The van der Waals surface area contributed by atoms with Crippen LogP contribution in [0.1, 0.15) is 50.1 Å². The van der Waals surface area contributed by atoms with E-state index < -0.39 is 5.97 Å². The molecular weight excluding hydrogens is 274 g/mol. The van der Waals surface area contributed by atoms with Crippen LogP contribution in [0.5, 0.6) is 0 Å². The average Bonchev–Trinajstić information content (AvgIpc) is 2.92. The number of rotatable bonds is 7. The number of halogens is 1. The minimum Gasteiger partial charge on any atom is -0.481 e. The van der Waals surface area contributed by atoms with Crippen LogP contribution in [-0.4, -0.2) is 17.6 Å². The van der Waals surface area contributed by atoms with Gasteiger partial charge in [-0.3, -0.25) is 4.79 Å². The molecule has 1 aliphatic carbocycles. The number of carboxylic acids is 1. The van der Waals surface area contributed by atoms with Crippen LogP contribution >= 0.6 is 11.6 Å². The molecule has 1 aromatic carbocycles. The molecule has 0 spiro atoms. The first kappa shape index (κ1) is 15.3. The van der Waals surface area contributed by atoms with Crippen molar-refractivity contribution < 1.29 is 9.90 Å².